The molecule has 0 radical (unpaired) electrons. The molecule has 0 spiro atoms. The lowest BCUT2D eigenvalue weighted by Gasteiger charge is -2.32. The van der Waals surface area contributed by atoms with Crippen molar-refractivity contribution in [1.82, 2.24) is 14.9 Å². The van der Waals surface area contributed by atoms with Crippen molar-refractivity contribution in [1.29, 1.82) is 0 Å². The Bertz CT molecular complexity index is 964. The lowest BCUT2D eigenvalue weighted by Crippen LogP contribution is -2.39. The number of halogens is 1. The van der Waals surface area contributed by atoms with Crippen molar-refractivity contribution in [2.45, 2.75) is 18.8 Å². The highest BCUT2D eigenvalue weighted by Gasteiger charge is 2.26. The van der Waals surface area contributed by atoms with Crippen LogP contribution in [0.2, 0.25) is 0 Å². The summed E-state index contributed by atoms with van der Waals surface area (Å²) in [6.07, 6.45) is 3.58. The van der Waals surface area contributed by atoms with Crippen molar-refractivity contribution < 1.29 is 9.18 Å². The summed E-state index contributed by atoms with van der Waals surface area (Å²) in [5.41, 5.74) is 2.21. The van der Waals surface area contributed by atoms with E-state index in [9.17, 15) is 9.18 Å². The van der Waals surface area contributed by atoms with Crippen molar-refractivity contribution >= 4 is 17.5 Å². The molecule has 4 rings (SSSR count). The molecule has 6 heteroatoms. The van der Waals surface area contributed by atoms with E-state index in [1.807, 2.05) is 36.4 Å². The van der Waals surface area contributed by atoms with Gasteiger partial charge in [-0.15, -0.1) is 0 Å². The van der Waals surface area contributed by atoms with Crippen molar-refractivity contribution in [2.24, 2.45) is 0 Å². The first kappa shape index (κ1) is 18.1. The zero-order valence-corrected chi connectivity index (χ0v) is 15.4. The molecule has 1 atom stereocenters. The van der Waals surface area contributed by atoms with Crippen LogP contribution in [-0.4, -0.2) is 33.9 Å². The van der Waals surface area contributed by atoms with Gasteiger partial charge in [0.15, 0.2) is 0 Å². The number of nitrogens with zero attached hydrogens (tertiary/aromatic N) is 3. The number of para-hydroxylation sites is 1. The first-order valence-corrected chi connectivity index (χ1v) is 9.39. The zero-order valence-electron chi connectivity index (χ0n) is 15.4. The molecule has 1 aliphatic heterocycles. The predicted octanol–water partition coefficient (Wildman–Crippen LogP) is 4.38. The topological polar surface area (TPSA) is 58.1 Å². The largest absolute Gasteiger partial charge is 0.338 e. The predicted molar refractivity (Wildman–Crippen MR) is 106 cm³/mol. The highest BCUT2D eigenvalue weighted by atomic mass is 19.1. The van der Waals surface area contributed by atoms with Crippen LogP contribution in [0.15, 0.2) is 66.9 Å². The molecule has 28 heavy (non-hydrogen) atoms. The van der Waals surface area contributed by atoms with Gasteiger partial charge in [-0.25, -0.2) is 14.4 Å². The number of piperidine rings is 1. The van der Waals surface area contributed by atoms with Gasteiger partial charge in [-0.05, 0) is 49.2 Å². The fraction of sp³-hybridized carbons (Fsp3) is 0.227. The number of nitrogens with one attached hydrogen (secondary N) is 1. The normalized spacial score (nSPS) is 16.6. The number of benzene rings is 2. The minimum absolute atomic E-state index is 0.130. The summed E-state index contributed by atoms with van der Waals surface area (Å²) >= 11 is 0. The van der Waals surface area contributed by atoms with Crippen LogP contribution < -0.4 is 5.32 Å². The lowest BCUT2D eigenvalue weighted by molar-refractivity contribution is 0.0705. The minimum Gasteiger partial charge on any atom is -0.338 e. The van der Waals surface area contributed by atoms with Crippen LogP contribution in [0.1, 0.15) is 34.8 Å². The Hall–Kier alpha value is -3.28. The third-order valence-electron chi connectivity index (χ3n) is 4.91. The Labute approximate surface area is 163 Å². The molecule has 1 aliphatic rings. The second kappa shape index (κ2) is 8.17. The molecule has 0 saturated carbocycles. The third-order valence-corrected chi connectivity index (χ3v) is 4.91. The monoisotopic (exact) mass is 376 g/mol. The smallest absolute Gasteiger partial charge is 0.253 e. The maximum Gasteiger partial charge on any atom is 0.253 e. The molecular formula is C22H21FN4O. The number of carbonyl (C=O) groups excluding carboxylic acids is 1. The Morgan fingerprint density at radius 1 is 1.11 bits per heavy atom. The van der Waals surface area contributed by atoms with Crippen LogP contribution in [0.5, 0.6) is 0 Å². The maximum atomic E-state index is 13.5. The van der Waals surface area contributed by atoms with Crippen molar-refractivity contribution in [2.75, 3.05) is 18.4 Å². The van der Waals surface area contributed by atoms with Gasteiger partial charge in [0, 0.05) is 36.5 Å². The average molecular weight is 376 g/mol. The quantitative estimate of drug-likeness (QED) is 0.734. The number of hydrogen-bond donors (Lipinski definition) is 1. The molecule has 1 amide bonds. The van der Waals surface area contributed by atoms with E-state index in [1.165, 1.54) is 12.1 Å². The van der Waals surface area contributed by atoms with E-state index in [4.69, 9.17) is 0 Å². The molecule has 0 aliphatic carbocycles. The molecule has 2 heterocycles. The highest BCUT2D eigenvalue weighted by Crippen LogP contribution is 2.27. The maximum absolute atomic E-state index is 13.5. The first-order chi connectivity index (χ1) is 13.7. The number of aromatic nitrogens is 2. The summed E-state index contributed by atoms with van der Waals surface area (Å²) in [6.45, 7) is 1.24. The second-order valence-electron chi connectivity index (χ2n) is 6.90. The van der Waals surface area contributed by atoms with E-state index in [0.29, 0.717) is 24.6 Å². The van der Waals surface area contributed by atoms with Gasteiger partial charge in [0.1, 0.15) is 5.82 Å². The molecule has 1 aromatic heterocycles. The van der Waals surface area contributed by atoms with Gasteiger partial charge in [0.25, 0.3) is 5.91 Å². The molecule has 142 valence electrons. The van der Waals surface area contributed by atoms with Crippen LogP contribution in [-0.2, 0) is 0 Å². The number of likely N-dealkylation sites (tertiary alicyclic amines) is 1. The molecule has 5 nitrogen and oxygen atoms in total. The van der Waals surface area contributed by atoms with Crippen LogP contribution in [0, 0.1) is 5.82 Å². The van der Waals surface area contributed by atoms with E-state index >= 15 is 0 Å². The first-order valence-electron chi connectivity index (χ1n) is 9.39. The van der Waals surface area contributed by atoms with Gasteiger partial charge >= 0.3 is 0 Å². The Balaban J connectivity index is 1.48. The molecule has 1 N–H and O–H groups in total. The molecule has 3 aromatic rings. The SMILES string of the molecule is O=C(c1cccc(F)c1)N1CCC[C@@H](c2ccnc(Nc3ccccc3)n2)C1. The van der Waals surface area contributed by atoms with E-state index in [2.05, 4.69) is 15.3 Å². The fourth-order valence-electron chi connectivity index (χ4n) is 3.52. The van der Waals surface area contributed by atoms with Gasteiger partial charge < -0.3 is 10.2 Å². The number of anilines is 2. The molecule has 1 saturated heterocycles. The molecule has 2 aromatic carbocycles. The van der Waals surface area contributed by atoms with E-state index in [0.717, 1.165) is 24.2 Å². The molecule has 0 bridgehead atoms. The van der Waals surface area contributed by atoms with Crippen molar-refractivity contribution in [3.63, 3.8) is 0 Å². The van der Waals surface area contributed by atoms with Gasteiger partial charge in [0.2, 0.25) is 5.95 Å². The van der Waals surface area contributed by atoms with Gasteiger partial charge in [-0.1, -0.05) is 24.3 Å². The summed E-state index contributed by atoms with van der Waals surface area (Å²) in [7, 11) is 0. The summed E-state index contributed by atoms with van der Waals surface area (Å²) < 4.78 is 13.5. The van der Waals surface area contributed by atoms with Gasteiger partial charge in [0.05, 0.1) is 5.69 Å². The lowest BCUT2D eigenvalue weighted by atomic mass is 9.94. The Morgan fingerprint density at radius 3 is 2.79 bits per heavy atom. The molecule has 0 unspecified atom stereocenters. The average Bonchev–Trinajstić information content (AvgIpc) is 2.74. The standard InChI is InChI=1S/C22H21FN4O/c23-18-8-4-6-16(14-18)21(28)27-13-5-7-17(15-27)20-11-12-24-22(26-20)25-19-9-2-1-3-10-19/h1-4,6,8-12,14,17H,5,7,13,15H2,(H,24,25,26)/t17-/m1/s1. The molecular weight excluding hydrogens is 355 g/mol. The van der Waals surface area contributed by atoms with E-state index in [1.54, 1.807) is 23.2 Å². The van der Waals surface area contributed by atoms with Crippen LogP contribution in [0.3, 0.4) is 0 Å². The van der Waals surface area contributed by atoms with E-state index in [-0.39, 0.29) is 11.8 Å². The second-order valence-corrected chi connectivity index (χ2v) is 6.90. The Morgan fingerprint density at radius 2 is 1.96 bits per heavy atom. The van der Waals surface area contributed by atoms with E-state index < -0.39 is 5.82 Å². The Kier molecular flexibility index (Phi) is 5.28. The summed E-state index contributed by atoms with van der Waals surface area (Å²) in [6, 6.07) is 17.5. The summed E-state index contributed by atoms with van der Waals surface area (Å²) in [5, 5.41) is 3.21. The van der Waals surface area contributed by atoms with Crippen LogP contribution >= 0.6 is 0 Å². The van der Waals surface area contributed by atoms with Gasteiger partial charge in [-0.3, -0.25) is 4.79 Å². The van der Waals surface area contributed by atoms with Crippen LogP contribution in [0.25, 0.3) is 0 Å². The third kappa shape index (κ3) is 4.17. The van der Waals surface area contributed by atoms with Crippen molar-refractivity contribution in [3.8, 4) is 0 Å². The van der Waals surface area contributed by atoms with Crippen LogP contribution in [0.4, 0.5) is 16.0 Å². The number of rotatable bonds is 4. The number of carbonyl (C=O) groups is 1. The van der Waals surface area contributed by atoms with Gasteiger partial charge in [-0.2, -0.15) is 0 Å². The number of amides is 1. The summed E-state index contributed by atoms with van der Waals surface area (Å²) in [4.78, 5) is 23.5. The number of hydrogen-bond acceptors (Lipinski definition) is 4. The summed E-state index contributed by atoms with van der Waals surface area (Å²) in [5.74, 6) is 0.135. The fourth-order valence-corrected chi connectivity index (χ4v) is 3.52. The van der Waals surface area contributed by atoms with Crippen molar-refractivity contribution in [3.05, 3.63) is 83.9 Å². The zero-order chi connectivity index (χ0) is 19.3. The highest BCUT2D eigenvalue weighted by molar-refractivity contribution is 5.94. The molecule has 1 fully saturated rings. The minimum atomic E-state index is -0.396.